The van der Waals surface area contributed by atoms with E-state index in [2.05, 4.69) is 5.32 Å². The average molecular weight is 407 g/mol. The molecule has 154 valence electrons. The number of aromatic nitrogens is 1. The maximum absolute atomic E-state index is 12.6. The number of likely N-dealkylation sites (tertiary alicyclic amines) is 1. The van der Waals surface area contributed by atoms with Crippen LogP contribution in [-0.2, 0) is 6.18 Å². The van der Waals surface area contributed by atoms with Gasteiger partial charge in [0.2, 0.25) is 0 Å². The molecule has 2 fully saturated rings. The summed E-state index contributed by atoms with van der Waals surface area (Å²) in [5.41, 5.74) is 0.281. The minimum Gasteiger partial charge on any atom is -0.486 e. The summed E-state index contributed by atoms with van der Waals surface area (Å²) in [7, 11) is 0. The van der Waals surface area contributed by atoms with Crippen LogP contribution in [0.4, 0.5) is 23.7 Å². The number of carbonyl (C=O) groups is 1. The Labute approximate surface area is 164 Å². The van der Waals surface area contributed by atoms with Crippen molar-refractivity contribution in [1.82, 2.24) is 9.47 Å². The molecular weight excluding hydrogens is 387 g/mol. The lowest BCUT2D eigenvalue weighted by Crippen LogP contribution is -2.57. The minimum atomic E-state index is -4.41. The molecule has 0 radical (unpaired) electrons. The predicted octanol–water partition coefficient (Wildman–Crippen LogP) is 3.81. The van der Waals surface area contributed by atoms with Crippen molar-refractivity contribution in [3.8, 4) is 5.75 Å². The molecule has 1 saturated carbocycles. The fourth-order valence-corrected chi connectivity index (χ4v) is 3.37. The number of amides is 2. The summed E-state index contributed by atoms with van der Waals surface area (Å²) in [6, 6.07) is 7.45. The van der Waals surface area contributed by atoms with Gasteiger partial charge in [-0.15, -0.1) is 0 Å². The number of carbonyl (C=O) groups excluding carboxylic acids is 1. The number of urea groups is 1. The molecular formula is C20H20F3N3O3. The number of hydrogen-bond acceptors (Lipinski definition) is 3. The maximum Gasteiger partial charge on any atom is 0.416 e. The lowest BCUT2D eigenvalue weighted by Gasteiger charge is -2.38. The van der Waals surface area contributed by atoms with Gasteiger partial charge in [0.25, 0.3) is 5.56 Å². The van der Waals surface area contributed by atoms with E-state index in [1.165, 1.54) is 23.1 Å². The average Bonchev–Trinajstić information content (AvgIpc) is 3.41. The summed E-state index contributed by atoms with van der Waals surface area (Å²) in [5, 5.41) is 2.56. The van der Waals surface area contributed by atoms with Crippen LogP contribution < -0.4 is 15.6 Å². The van der Waals surface area contributed by atoms with Crippen LogP contribution in [0.25, 0.3) is 0 Å². The predicted molar refractivity (Wildman–Crippen MR) is 100 cm³/mol. The molecule has 1 aromatic heterocycles. The summed E-state index contributed by atoms with van der Waals surface area (Å²) in [6.07, 6.45) is -2.61. The molecule has 1 N–H and O–H groups in total. The Morgan fingerprint density at radius 2 is 1.79 bits per heavy atom. The van der Waals surface area contributed by atoms with Gasteiger partial charge in [-0.1, -0.05) is 0 Å². The first-order valence-corrected chi connectivity index (χ1v) is 9.34. The van der Waals surface area contributed by atoms with Crippen molar-refractivity contribution in [2.75, 3.05) is 18.4 Å². The topological polar surface area (TPSA) is 63.6 Å². The second-order valence-electron chi connectivity index (χ2n) is 7.42. The van der Waals surface area contributed by atoms with E-state index in [1.54, 1.807) is 4.57 Å². The second kappa shape index (κ2) is 7.13. The first-order valence-electron chi connectivity index (χ1n) is 9.34. The van der Waals surface area contributed by atoms with E-state index in [0.717, 1.165) is 30.7 Å². The highest BCUT2D eigenvalue weighted by Gasteiger charge is 2.33. The van der Waals surface area contributed by atoms with Crippen molar-refractivity contribution < 1.29 is 22.7 Å². The van der Waals surface area contributed by atoms with Gasteiger partial charge in [0, 0.05) is 23.5 Å². The van der Waals surface area contributed by atoms with Gasteiger partial charge in [-0.2, -0.15) is 13.2 Å². The molecule has 1 aliphatic carbocycles. The first kappa shape index (κ1) is 19.4. The number of halogens is 3. The van der Waals surface area contributed by atoms with E-state index >= 15 is 0 Å². The molecule has 9 heteroatoms. The summed E-state index contributed by atoms with van der Waals surface area (Å²) in [4.78, 5) is 25.9. The zero-order valence-electron chi connectivity index (χ0n) is 15.7. The van der Waals surface area contributed by atoms with Crippen molar-refractivity contribution in [1.29, 1.82) is 0 Å². The van der Waals surface area contributed by atoms with Gasteiger partial charge < -0.3 is 19.5 Å². The Bertz CT molecular complexity index is 975. The zero-order chi connectivity index (χ0) is 20.8. The van der Waals surface area contributed by atoms with Crippen LogP contribution in [-0.4, -0.2) is 34.7 Å². The number of pyridine rings is 1. The summed E-state index contributed by atoms with van der Waals surface area (Å²) in [6.45, 7) is 2.53. The fourth-order valence-electron chi connectivity index (χ4n) is 3.37. The highest BCUT2D eigenvalue weighted by molar-refractivity contribution is 5.89. The van der Waals surface area contributed by atoms with Gasteiger partial charge >= 0.3 is 12.2 Å². The number of nitrogens with one attached hydrogen (secondary N) is 1. The van der Waals surface area contributed by atoms with E-state index < -0.39 is 17.8 Å². The normalized spacial score (nSPS) is 17.0. The van der Waals surface area contributed by atoms with Gasteiger partial charge in [0.15, 0.2) is 0 Å². The lowest BCUT2D eigenvalue weighted by molar-refractivity contribution is -0.137. The van der Waals surface area contributed by atoms with Gasteiger partial charge in [-0.25, -0.2) is 4.79 Å². The SMILES string of the molecule is Cc1cc(OC2CN(C(=O)Nc3ccc(C(F)(F)F)cc3)C2)cc(=O)n1C1CC1. The molecule has 1 aliphatic heterocycles. The van der Waals surface area contributed by atoms with Crippen LogP contribution in [0, 0.1) is 6.92 Å². The minimum absolute atomic E-state index is 0.0845. The summed E-state index contributed by atoms with van der Waals surface area (Å²) < 4.78 is 45.3. The number of nitrogens with zero attached hydrogens (tertiary/aromatic N) is 2. The Balaban J connectivity index is 1.30. The van der Waals surface area contributed by atoms with E-state index in [-0.39, 0.29) is 17.4 Å². The first-order chi connectivity index (χ1) is 13.7. The maximum atomic E-state index is 12.6. The summed E-state index contributed by atoms with van der Waals surface area (Å²) >= 11 is 0. The van der Waals surface area contributed by atoms with Crippen LogP contribution >= 0.6 is 0 Å². The third-order valence-electron chi connectivity index (χ3n) is 5.05. The number of benzene rings is 1. The summed E-state index contributed by atoms with van der Waals surface area (Å²) in [5.74, 6) is 0.484. The second-order valence-corrected chi connectivity index (χ2v) is 7.42. The molecule has 0 atom stereocenters. The third kappa shape index (κ3) is 4.23. The van der Waals surface area contributed by atoms with Gasteiger partial charge in [-0.05, 0) is 50.1 Å². The Kier molecular flexibility index (Phi) is 4.76. The van der Waals surface area contributed by atoms with Crippen molar-refractivity contribution >= 4 is 11.7 Å². The third-order valence-corrected chi connectivity index (χ3v) is 5.05. The van der Waals surface area contributed by atoms with Crippen molar-refractivity contribution in [2.24, 2.45) is 0 Å². The molecule has 2 aliphatic rings. The molecule has 0 unspecified atom stereocenters. The Morgan fingerprint density at radius 3 is 2.34 bits per heavy atom. The van der Waals surface area contributed by atoms with Crippen LogP contribution in [0.1, 0.15) is 30.1 Å². The van der Waals surface area contributed by atoms with Crippen LogP contribution in [0.3, 0.4) is 0 Å². The van der Waals surface area contributed by atoms with Gasteiger partial charge in [-0.3, -0.25) is 4.79 Å². The molecule has 6 nitrogen and oxygen atoms in total. The number of anilines is 1. The number of aryl methyl sites for hydroxylation is 1. The van der Waals surface area contributed by atoms with Crippen LogP contribution in [0.15, 0.2) is 41.2 Å². The lowest BCUT2D eigenvalue weighted by atomic mass is 10.1. The standard InChI is InChI=1S/C20H20F3N3O3/c1-12-8-16(9-18(27)26(12)15-6-7-15)29-17-10-25(11-17)19(28)24-14-4-2-13(3-5-14)20(21,22)23/h2-5,8-9,15,17H,6-7,10-11H2,1H3,(H,24,28). The number of alkyl halides is 3. The molecule has 2 aromatic rings. The highest BCUT2D eigenvalue weighted by Crippen LogP contribution is 2.35. The molecule has 1 aromatic carbocycles. The number of hydrogen-bond donors (Lipinski definition) is 1. The quantitative estimate of drug-likeness (QED) is 0.839. The number of rotatable bonds is 4. The van der Waals surface area contributed by atoms with Crippen molar-refractivity contribution in [3.05, 3.63) is 58.0 Å². The Morgan fingerprint density at radius 1 is 1.14 bits per heavy atom. The highest BCUT2D eigenvalue weighted by atomic mass is 19.4. The molecule has 2 heterocycles. The molecule has 2 amide bonds. The molecule has 1 saturated heterocycles. The van der Waals surface area contributed by atoms with Gasteiger partial charge in [0.05, 0.1) is 18.7 Å². The zero-order valence-corrected chi connectivity index (χ0v) is 15.7. The van der Waals surface area contributed by atoms with Gasteiger partial charge in [0.1, 0.15) is 11.9 Å². The number of ether oxygens (including phenoxy) is 1. The Hall–Kier alpha value is -2.97. The van der Waals surface area contributed by atoms with E-state index in [0.29, 0.717) is 24.9 Å². The molecule has 0 spiro atoms. The van der Waals surface area contributed by atoms with E-state index in [1.807, 2.05) is 13.0 Å². The largest absolute Gasteiger partial charge is 0.486 e. The molecule has 0 bridgehead atoms. The van der Waals surface area contributed by atoms with E-state index in [4.69, 9.17) is 4.74 Å². The van der Waals surface area contributed by atoms with E-state index in [9.17, 15) is 22.8 Å². The monoisotopic (exact) mass is 407 g/mol. The fraction of sp³-hybridized carbons (Fsp3) is 0.400. The van der Waals surface area contributed by atoms with Crippen LogP contribution in [0.5, 0.6) is 5.75 Å². The molecule has 29 heavy (non-hydrogen) atoms. The van der Waals surface area contributed by atoms with Crippen molar-refractivity contribution in [2.45, 2.75) is 38.1 Å². The molecule has 4 rings (SSSR count). The van der Waals surface area contributed by atoms with Crippen molar-refractivity contribution in [3.63, 3.8) is 0 Å². The smallest absolute Gasteiger partial charge is 0.416 e. The van der Waals surface area contributed by atoms with Crippen LogP contribution in [0.2, 0.25) is 0 Å².